The Balaban J connectivity index is 2.18. The highest BCUT2D eigenvalue weighted by atomic mass is 16.5. The monoisotopic (exact) mass is 332 g/mol. The fraction of sp³-hybridized carbons (Fsp3) is 0.773. The second-order valence-corrected chi connectivity index (χ2v) is 9.09. The minimum Gasteiger partial charge on any atom is -0.458 e. The van der Waals surface area contributed by atoms with Gasteiger partial charge < -0.3 is 4.74 Å². The molecule has 2 heteroatoms. The molecule has 0 heterocycles. The Hall–Kier alpha value is -1.05. The van der Waals surface area contributed by atoms with Gasteiger partial charge in [-0.05, 0) is 74.2 Å². The smallest absolute Gasteiger partial charge is 0.303 e. The van der Waals surface area contributed by atoms with E-state index in [1.807, 2.05) is 6.92 Å². The maximum Gasteiger partial charge on any atom is 0.303 e. The van der Waals surface area contributed by atoms with E-state index in [0.717, 1.165) is 17.9 Å². The van der Waals surface area contributed by atoms with E-state index in [0.29, 0.717) is 16.7 Å². The van der Waals surface area contributed by atoms with Crippen LogP contribution in [-0.2, 0) is 9.53 Å². The molecule has 0 aromatic carbocycles. The molecule has 0 bridgehead atoms. The van der Waals surface area contributed by atoms with Crippen molar-refractivity contribution in [2.75, 3.05) is 0 Å². The summed E-state index contributed by atoms with van der Waals surface area (Å²) in [6.45, 7) is 17.4. The molecule has 4 atom stereocenters. The lowest BCUT2D eigenvalue weighted by Crippen LogP contribution is -2.49. The van der Waals surface area contributed by atoms with Crippen molar-refractivity contribution in [3.63, 3.8) is 0 Å². The molecule has 0 aromatic rings. The largest absolute Gasteiger partial charge is 0.458 e. The maximum atomic E-state index is 11.2. The van der Waals surface area contributed by atoms with Gasteiger partial charge in [0, 0.05) is 6.92 Å². The van der Waals surface area contributed by atoms with Crippen molar-refractivity contribution in [2.24, 2.45) is 22.7 Å². The first kappa shape index (κ1) is 19.3. The summed E-state index contributed by atoms with van der Waals surface area (Å²) >= 11 is 0. The molecule has 2 aliphatic carbocycles. The molecular weight excluding hydrogens is 296 g/mol. The Morgan fingerprint density at radius 3 is 2.62 bits per heavy atom. The molecule has 0 N–H and O–H groups in total. The third-order valence-corrected chi connectivity index (χ3v) is 6.98. The predicted molar refractivity (Wildman–Crippen MR) is 101 cm³/mol. The summed E-state index contributed by atoms with van der Waals surface area (Å²) < 4.78 is 5.31. The highest BCUT2D eigenvalue weighted by Gasteiger charge is 2.52. The number of allylic oxidation sites excluding steroid dienone is 2. The predicted octanol–water partition coefficient (Wildman–Crippen LogP) is 6.07. The van der Waals surface area contributed by atoms with Crippen LogP contribution in [0.25, 0.3) is 0 Å². The van der Waals surface area contributed by atoms with Gasteiger partial charge in [0.05, 0.1) is 0 Å². The number of hydrogen-bond acceptors (Lipinski definition) is 2. The quantitative estimate of drug-likeness (QED) is 0.461. The Kier molecular flexibility index (Phi) is 5.67. The van der Waals surface area contributed by atoms with Crippen LogP contribution in [-0.4, -0.2) is 12.1 Å². The molecule has 0 aliphatic heterocycles. The van der Waals surface area contributed by atoms with Gasteiger partial charge >= 0.3 is 5.97 Å². The van der Waals surface area contributed by atoms with Crippen molar-refractivity contribution in [3.05, 3.63) is 23.8 Å². The van der Waals surface area contributed by atoms with Gasteiger partial charge in [0.2, 0.25) is 0 Å². The van der Waals surface area contributed by atoms with E-state index in [-0.39, 0.29) is 12.1 Å². The van der Waals surface area contributed by atoms with Crippen LogP contribution in [0, 0.1) is 22.7 Å². The molecule has 2 rings (SSSR count). The first-order valence-electron chi connectivity index (χ1n) is 9.59. The normalized spacial score (nSPS) is 34.4. The number of carbonyl (C=O) groups is 1. The van der Waals surface area contributed by atoms with Crippen LogP contribution in [0.5, 0.6) is 0 Å². The van der Waals surface area contributed by atoms with Gasteiger partial charge in [0.1, 0.15) is 6.10 Å². The average Bonchev–Trinajstić information content (AvgIpc) is 2.44. The van der Waals surface area contributed by atoms with E-state index in [1.54, 1.807) is 0 Å². The standard InChI is InChI=1S/C22H36O2/c1-15(17(3)24-18(4)23)9-11-19-16(2)10-12-20-21(5,6)13-8-14-22(19,20)7/h9,17,19-20H,2,8,10-14H2,1,3-7H3/b15-9+/t17?,19-,20-,22+/m0/s1. The summed E-state index contributed by atoms with van der Waals surface area (Å²) in [4.78, 5) is 11.2. The second kappa shape index (κ2) is 7.06. The van der Waals surface area contributed by atoms with Crippen LogP contribution in [0.4, 0.5) is 0 Å². The Morgan fingerprint density at radius 2 is 2.00 bits per heavy atom. The molecule has 2 fully saturated rings. The Morgan fingerprint density at radius 1 is 1.33 bits per heavy atom. The fourth-order valence-corrected chi connectivity index (χ4v) is 5.52. The third-order valence-electron chi connectivity index (χ3n) is 6.98. The van der Waals surface area contributed by atoms with Crippen molar-refractivity contribution < 1.29 is 9.53 Å². The van der Waals surface area contributed by atoms with Crippen LogP contribution in [0.15, 0.2) is 23.8 Å². The highest BCUT2D eigenvalue weighted by molar-refractivity contribution is 5.66. The van der Waals surface area contributed by atoms with Gasteiger partial charge in [-0.25, -0.2) is 0 Å². The van der Waals surface area contributed by atoms with E-state index >= 15 is 0 Å². The number of esters is 1. The Bertz CT molecular complexity index is 528. The minimum absolute atomic E-state index is 0.134. The van der Waals surface area contributed by atoms with Crippen LogP contribution < -0.4 is 0 Å². The zero-order valence-corrected chi connectivity index (χ0v) is 16.6. The van der Waals surface area contributed by atoms with E-state index in [2.05, 4.69) is 40.3 Å². The van der Waals surface area contributed by atoms with Gasteiger partial charge in [-0.3, -0.25) is 4.79 Å². The summed E-state index contributed by atoms with van der Waals surface area (Å²) in [5, 5.41) is 0. The molecule has 2 saturated carbocycles. The van der Waals surface area contributed by atoms with Crippen molar-refractivity contribution in [1.29, 1.82) is 0 Å². The van der Waals surface area contributed by atoms with Gasteiger partial charge in [-0.2, -0.15) is 0 Å². The lowest BCUT2D eigenvalue weighted by molar-refractivity contribution is -0.143. The number of ether oxygens (including phenoxy) is 1. The zero-order chi connectivity index (χ0) is 18.1. The van der Waals surface area contributed by atoms with Gasteiger partial charge in [-0.1, -0.05) is 45.4 Å². The summed E-state index contributed by atoms with van der Waals surface area (Å²) in [5.41, 5.74) is 3.38. The molecule has 0 radical (unpaired) electrons. The van der Waals surface area contributed by atoms with E-state index in [9.17, 15) is 4.79 Å². The van der Waals surface area contributed by atoms with Crippen molar-refractivity contribution in [2.45, 2.75) is 86.2 Å². The molecule has 0 saturated heterocycles. The average molecular weight is 333 g/mol. The molecule has 24 heavy (non-hydrogen) atoms. The summed E-state index contributed by atoms with van der Waals surface area (Å²) in [5.74, 6) is 1.13. The van der Waals surface area contributed by atoms with E-state index < -0.39 is 0 Å². The number of fused-ring (bicyclic) bond motifs is 1. The highest BCUT2D eigenvalue weighted by Crippen LogP contribution is 2.61. The second-order valence-electron chi connectivity index (χ2n) is 9.09. The van der Waals surface area contributed by atoms with Crippen LogP contribution in [0.3, 0.4) is 0 Å². The molecule has 0 spiro atoms. The fourth-order valence-electron chi connectivity index (χ4n) is 5.52. The third kappa shape index (κ3) is 3.78. The molecule has 2 aliphatic rings. The summed E-state index contributed by atoms with van der Waals surface area (Å²) in [6.07, 6.45) is 9.65. The summed E-state index contributed by atoms with van der Waals surface area (Å²) in [7, 11) is 0. The van der Waals surface area contributed by atoms with Crippen molar-refractivity contribution in [3.8, 4) is 0 Å². The topological polar surface area (TPSA) is 26.3 Å². The maximum absolute atomic E-state index is 11.2. The lowest BCUT2D eigenvalue weighted by atomic mass is 9.47. The van der Waals surface area contributed by atoms with Gasteiger partial charge in [-0.15, -0.1) is 0 Å². The molecule has 136 valence electrons. The van der Waals surface area contributed by atoms with Crippen molar-refractivity contribution >= 4 is 5.97 Å². The van der Waals surface area contributed by atoms with Crippen LogP contribution >= 0.6 is 0 Å². The molecule has 1 unspecified atom stereocenters. The zero-order valence-electron chi connectivity index (χ0n) is 16.6. The first-order valence-corrected chi connectivity index (χ1v) is 9.59. The minimum atomic E-state index is -0.210. The number of hydrogen-bond donors (Lipinski definition) is 0. The first-order chi connectivity index (χ1) is 11.1. The van der Waals surface area contributed by atoms with E-state index in [1.165, 1.54) is 44.6 Å². The van der Waals surface area contributed by atoms with Gasteiger partial charge in [0.25, 0.3) is 0 Å². The van der Waals surface area contributed by atoms with Crippen LogP contribution in [0.1, 0.15) is 80.1 Å². The molecule has 2 nitrogen and oxygen atoms in total. The molecule has 0 aromatic heterocycles. The SMILES string of the molecule is C=C1CC[C@H]2C(C)(C)CCC[C@]2(C)[C@H]1C/C=C(\C)C(C)OC(C)=O. The molecule has 0 amide bonds. The lowest BCUT2D eigenvalue weighted by Gasteiger charge is -2.58. The number of rotatable bonds is 4. The van der Waals surface area contributed by atoms with Gasteiger partial charge in [0.15, 0.2) is 0 Å². The Labute approximate surface area is 148 Å². The van der Waals surface area contributed by atoms with Crippen LogP contribution in [0.2, 0.25) is 0 Å². The van der Waals surface area contributed by atoms with E-state index in [4.69, 9.17) is 4.74 Å². The molecular formula is C22H36O2. The van der Waals surface area contributed by atoms with Crippen molar-refractivity contribution in [1.82, 2.24) is 0 Å². The summed E-state index contributed by atoms with van der Waals surface area (Å²) in [6, 6.07) is 0. The number of carbonyl (C=O) groups excluding carboxylic acids is 1.